The molecule has 1 saturated heterocycles. The van der Waals surface area contributed by atoms with Crippen LogP contribution in [0.25, 0.3) is 22.2 Å². The van der Waals surface area contributed by atoms with Gasteiger partial charge in [-0.05, 0) is 55.5 Å². The van der Waals surface area contributed by atoms with E-state index in [1.54, 1.807) is 4.57 Å². The van der Waals surface area contributed by atoms with Gasteiger partial charge in [0.25, 0.3) is 0 Å². The van der Waals surface area contributed by atoms with E-state index in [9.17, 15) is 28.9 Å². The third-order valence-corrected chi connectivity index (χ3v) is 9.31. The molecule has 4 aromatic rings. The lowest BCUT2D eigenvalue weighted by molar-refractivity contribution is -0.129. The van der Waals surface area contributed by atoms with Crippen LogP contribution in [0.3, 0.4) is 0 Å². The first-order valence-corrected chi connectivity index (χ1v) is 16.4. The molecule has 1 unspecified atom stereocenters. The zero-order valence-electron chi connectivity index (χ0n) is 26.8. The van der Waals surface area contributed by atoms with E-state index >= 15 is 0 Å². The number of para-hydroxylation sites is 2. The molecule has 2 fully saturated rings. The molecule has 48 heavy (non-hydrogen) atoms. The maximum Gasteiger partial charge on any atom is 0.248 e. The zero-order valence-corrected chi connectivity index (χ0v) is 26.8. The second-order valence-electron chi connectivity index (χ2n) is 12.8. The number of aromatic nitrogens is 2. The summed E-state index contributed by atoms with van der Waals surface area (Å²) in [4.78, 5) is 17.2. The monoisotopic (exact) mass is 664 g/mol. The smallest absolute Gasteiger partial charge is 0.248 e. The van der Waals surface area contributed by atoms with Crippen molar-refractivity contribution in [1.82, 2.24) is 14.9 Å². The fourth-order valence-corrected chi connectivity index (χ4v) is 6.52. The molecule has 2 heterocycles. The van der Waals surface area contributed by atoms with Crippen molar-refractivity contribution in [3.63, 3.8) is 0 Å². The highest BCUT2D eigenvalue weighted by Crippen LogP contribution is 2.42. The summed E-state index contributed by atoms with van der Waals surface area (Å²) in [6.07, 6.45) is -2.84. The van der Waals surface area contributed by atoms with Gasteiger partial charge in [-0.25, -0.2) is 13.8 Å². The van der Waals surface area contributed by atoms with E-state index in [4.69, 9.17) is 14.5 Å². The Hall–Kier alpha value is -4.10. The van der Waals surface area contributed by atoms with Crippen LogP contribution in [0.4, 0.5) is 14.7 Å². The number of carbonyl (C=O) groups is 1. The molecule has 1 amide bonds. The Bertz CT molecular complexity index is 1710. The highest BCUT2D eigenvalue weighted by atomic mass is 19.3. The first kappa shape index (κ1) is 33.8. The quantitative estimate of drug-likeness (QED) is 0.133. The second-order valence-corrected chi connectivity index (χ2v) is 12.8. The molecule has 0 spiro atoms. The van der Waals surface area contributed by atoms with Gasteiger partial charge in [-0.3, -0.25) is 9.36 Å². The Morgan fingerprint density at radius 1 is 1.08 bits per heavy atom. The van der Waals surface area contributed by atoms with Crippen molar-refractivity contribution in [2.45, 2.75) is 75.5 Å². The summed E-state index contributed by atoms with van der Waals surface area (Å²) < 4.78 is 40.9. The lowest BCUT2D eigenvalue weighted by Gasteiger charge is -2.29. The molecular formula is C36H42F2N4O6. The SMILES string of the molecule is CC1(O)[C@H](O)[C@@H](CO)O[C@H]1n1c(NCc2ccc(-c3ccccc3)c(OCCCNC(=O)C3CCC(F)(F)CC3)c2)nc2ccccc21. The van der Waals surface area contributed by atoms with Gasteiger partial charge in [0.05, 0.1) is 24.2 Å². The number of carbonyl (C=O) groups excluding carboxylic acids is 1. The fourth-order valence-electron chi connectivity index (χ4n) is 6.52. The van der Waals surface area contributed by atoms with Gasteiger partial charge in [0.1, 0.15) is 23.6 Å². The van der Waals surface area contributed by atoms with Crippen molar-refractivity contribution in [3.05, 3.63) is 78.4 Å². The number of amides is 1. The number of nitrogens with one attached hydrogen (secondary N) is 2. The van der Waals surface area contributed by atoms with Crippen LogP contribution >= 0.6 is 0 Å². The van der Waals surface area contributed by atoms with Crippen LogP contribution in [0, 0.1) is 5.92 Å². The molecule has 6 rings (SSSR count). The second kappa shape index (κ2) is 14.2. The standard InChI is InChI=1S/C36H42F2N4O6/c1-35(46)31(44)30(22-43)48-33(35)42-28-11-6-5-10-27(28)41-34(42)40-21-23-12-13-26(24-8-3-2-4-9-24)29(20-23)47-19-7-18-39-32(45)25-14-16-36(37,38)17-15-25/h2-6,8-13,20,25,30-31,33,43-44,46H,7,14-19,21-22H2,1H3,(H,39,45)(H,40,41)/t30-,31-,33-,35?/m1/s1. The molecule has 1 saturated carbocycles. The van der Waals surface area contributed by atoms with Crippen molar-refractivity contribution in [2.75, 3.05) is 25.1 Å². The number of ether oxygens (including phenoxy) is 2. The number of aliphatic hydroxyl groups is 3. The van der Waals surface area contributed by atoms with Crippen LogP contribution in [0.2, 0.25) is 0 Å². The van der Waals surface area contributed by atoms with Crippen molar-refractivity contribution >= 4 is 22.9 Å². The predicted octanol–water partition coefficient (Wildman–Crippen LogP) is 5.03. The molecule has 4 atom stereocenters. The predicted molar refractivity (Wildman–Crippen MR) is 177 cm³/mol. The lowest BCUT2D eigenvalue weighted by atomic mass is 9.86. The number of benzene rings is 3. The maximum atomic E-state index is 13.5. The number of anilines is 1. The van der Waals surface area contributed by atoms with E-state index < -0.39 is 36.6 Å². The Morgan fingerprint density at radius 3 is 2.54 bits per heavy atom. The van der Waals surface area contributed by atoms with Gasteiger partial charge < -0.3 is 35.4 Å². The first-order valence-electron chi connectivity index (χ1n) is 16.4. The van der Waals surface area contributed by atoms with Crippen molar-refractivity contribution in [2.24, 2.45) is 5.92 Å². The van der Waals surface area contributed by atoms with E-state index in [0.717, 1.165) is 16.7 Å². The number of hydrogen-bond acceptors (Lipinski definition) is 8. The lowest BCUT2D eigenvalue weighted by Crippen LogP contribution is -2.44. The van der Waals surface area contributed by atoms with Gasteiger partial charge in [-0.1, -0.05) is 54.6 Å². The molecule has 0 radical (unpaired) electrons. The number of nitrogens with zero attached hydrogens (tertiary/aromatic N) is 2. The minimum absolute atomic E-state index is 0.180. The summed E-state index contributed by atoms with van der Waals surface area (Å²) in [6.45, 7) is 2.08. The maximum absolute atomic E-state index is 13.5. The highest BCUT2D eigenvalue weighted by Gasteiger charge is 2.53. The average Bonchev–Trinajstić information content (AvgIpc) is 3.56. The van der Waals surface area contributed by atoms with Crippen LogP contribution < -0.4 is 15.4 Å². The molecule has 0 bridgehead atoms. The van der Waals surface area contributed by atoms with Gasteiger partial charge in [0, 0.05) is 37.4 Å². The molecule has 2 aliphatic rings. The molecule has 1 aromatic heterocycles. The number of rotatable bonds is 12. The van der Waals surface area contributed by atoms with Gasteiger partial charge in [0.15, 0.2) is 6.23 Å². The summed E-state index contributed by atoms with van der Waals surface area (Å²) in [5.74, 6) is -2.15. The summed E-state index contributed by atoms with van der Waals surface area (Å²) in [7, 11) is 0. The van der Waals surface area contributed by atoms with E-state index in [0.29, 0.717) is 48.8 Å². The molecule has 1 aliphatic heterocycles. The fraction of sp³-hybridized carbons (Fsp3) is 0.444. The third kappa shape index (κ3) is 7.17. The normalized spacial score (nSPS) is 24.1. The Labute approximate surface area is 277 Å². The number of fused-ring (bicyclic) bond motifs is 1. The Morgan fingerprint density at radius 2 is 1.81 bits per heavy atom. The molecule has 256 valence electrons. The Balaban J connectivity index is 1.15. The van der Waals surface area contributed by atoms with Crippen molar-refractivity contribution in [1.29, 1.82) is 0 Å². The summed E-state index contributed by atoms with van der Waals surface area (Å²) in [5.41, 5.74) is 2.42. The minimum atomic E-state index is -2.67. The molecular weight excluding hydrogens is 622 g/mol. The number of alkyl halides is 2. The van der Waals surface area contributed by atoms with Gasteiger partial charge in [0.2, 0.25) is 17.8 Å². The van der Waals surface area contributed by atoms with E-state index in [-0.39, 0.29) is 37.5 Å². The van der Waals surface area contributed by atoms with Crippen LogP contribution in [0.15, 0.2) is 72.8 Å². The van der Waals surface area contributed by atoms with E-state index in [2.05, 4.69) is 10.6 Å². The van der Waals surface area contributed by atoms with Gasteiger partial charge >= 0.3 is 0 Å². The minimum Gasteiger partial charge on any atom is -0.493 e. The molecule has 10 nitrogen and oxygen atoms in total. The van der Waals surface area contributed by atoms with Crippen LogP contribution in [-0.4, -0.2) is 74.3 Å². The van der Waals surface area contributed by atoms with Crippen LogP contribution in [0.5, 0.6) is 5.75 Å². The zero-order chi connectivity index (χ0) is 33.9. The summed E-state index contributed by atoms with van der Waals surface area (Å²) in [5, 5.41) is 37.9. The van der Waals surface area contributed by atoms with Gasteiger partial charge in [-0.15, -0.1) is 0 Å². The number of halogens is 2. The van der Waals surface area contributed by atoms with Crippen molar-refractivity contribution < 1.29 is 38.4 Å². The number of imidazole rings is 1. The van der Waals surface area contributed by atoms with E-state index in [1.165, 1.54) is 6.92 Å². The van der Waals surface area contributed by atoms with E-state index in [1.807, 2.05) is 72.8 Å². The number of hydrogen-bond donors (Lipinski definition) is 5. The topological polar surface area (TPSA) is 138 Å². The third-order valence-electron chi connectivity index (χ3n) is 9.31. The average molecular weight is 665 g/mol. The highest BCUT2D eigenvalue weighted by molar-refractivity contribution is 5.79. The molecule has 5 N–H and O–H groups in total. The summed E-state index contributed by atoms with van der Waals surface area (Å²) >= 11 is 0. The van der Waals surface area contributed by atoms with Crippen LogP contribution in [-0.2, 0) is 16.1 Å². The molecule has 12 heteroatoms. The molecule has 3 aromatic carbocycles. The van der Waals surface area contributed by atoms with Crippen LogP contribution in [0.1, 0.15) is 50.8 Å². The Kier molecular flexibility index (Phi) is 9.98. The van der Waals surface area contributed by atoms with Gasteiger partial charge in [-0.2, -0.15) is 0 Å². The largest absolute Gasteiger partial charge is 0.493 e. The van der Waals surface area contributed by atoms with Crippen molar-refractivity contribution in [3.8, 4) is 16.9 Å². The summed E-state index contributed by atoms with van der Waals surface area (Å²) in [6, 6.07) is 23.2. The number of aliphatic hydroxyl groups excluding tert-OH is 2. The first-order chi connectivity index (χ1) is 23.1. The molecule has 1 aliphatic carbocycles.